The summed E-state index contributed by atoms with van der Waals surface area (Å²) in [5.74, 6) is -0.205. The molecular formula is C17H22ClNO5. The number of hydrogen-bond donors (Lipinski definition) is 2. The summed E-state index contributed by atoms with van der Waals surface area (Å²) >= 11 is 5.79. The molecule has 2 N–H and O–H groups in total. The van der Waals surface area contributed by atoms with Gasteiger partial charge in [-0.05, 0) is 61.8 Å². The Morgan fingerprint density at radius 2 is 1.67 bits per heavy atom. The number of carboxylic acid groups (broad SMARTS) is 1. The molecule has 0 radical (unpaired) electrons. The van der Waals surface area contributed by atoms with Crippen molar-refractivity contribution in [3.8, 4) is 0 Å². The first-order chi connectivity index (χ1) is 11.5. The molecule has 1 aliphatic carbocycles. The number of carbonyl (C=O) groups excluding carboxylic acids is 1. The van der Waals surface area contributed by atoms with E-state index in [1.54, 1.807) is 24.3 Å². The number of rotatable bonds is 7. The van der Waals surface area contributed by atoms with Crippen molar-refractivity contribution in [3.63, 3.8) is 0 Å². The minimum atomic E-state index is -0.941. The van der Waals surface area contributed by atoms with Crippen molar-refractivity contribution in [2.75, 3.05) is 25.1 Å². The summed E-state index contributed by atoms with van der Waals surface area (Å²) in [6, 6.07) is 6.83. The van der Waals surface area contributed by atoms with Gasteiger partial charge < -0.3 is 14.6 Å². The van der Waals surface area contributed by atoms with Crippen molar-refractivity contribution >= 4 is 29.4 Å². The number of amides is 1. The minimum Gasteiger partial charge on any atom is -0.480 e. The monoisotopic (exact) mass is 355 g/mol. The highest BCUT2D eigenvalue weighted by atomic mass is 35.5. The van der Waals surface area contributed by atoms with Crippen molar-refractivity contribution < 1.29 is 24.2 Å². The van der Waals surface area contributed by atoms with E-state index in [0.717, 1.165) is 25.7 Å². The Balaban J connectivity index is 1.60. The first-order valence-electron chi connectivity index (χ1n) is 8.02. The molecule has 132 valence electrons. The molecule has 6 nitrogen and oxygen atoms in total. The van der Waals surface area contributed by atoms with Crippen LogP contribution in [0.2, 0.25) is 5.02 Å². The molecule has 0 atom stereocenters. The van der Waals surface area contributed by atoms with Gasteiger partial charge in [-0.15, -0.1) is 0 Å². The Morgan fingerprint density at radius 3 is 2.25 bits per heavy atom. The summed E-state index contributed by atoms with van der Waals surface area (Å²) in [5.41, 5.74) is 0.642. The number of aliphatic carboxylic acids is 1. The van der Waals surface area contributed by atoms with Crippen LogP contribution in [0.3, 0.4) is 0 Å². The second-order valence-corrected chi connectivity index (χ2v) is 6.46. The summed E-state index contributed by atoms with van der Waals surface area (Å²) in [5, 5.41) is 11.8. The average molecular weight is 356 g/mol. The highest BCUT2D eigenvalue weighted by Crippen LogP contribution is 2.29. The van der Waals surface area contributed by atoms with Gasteiger partial charge in [0.25, 0.3) is 0 Å². The van der Waals surface area contributed by atoms with E-state index in [4.69, 9.17) is 26.2 Å². The van der Waals surface area contributed by atoms with Crippen LogP contribution in [-0.4, -0.2) is 37.0 Å². The predicted octanol–water partition coefficient (Wildman–Crippen LogP) is 3.80. The lowest BCUT2D eigenvalue weighted by Crippen LogP contribution is -2.25. The number of halogens is 1. The predicted molar refractivity (Wildman–Crippen MR) is 90.3 cm³/mol. The van der Waals surface area contributed by atoms with E-state index in [1.807, 2.05) is 0 Å². The molecule has 0 bridgehead atoms. The van der Waals surface area contributed by atoms with Gasteiger partial charge in [-0.2, -0.15) is 0 Å². The quantitative estimate of drug-likeness (QED) is 0.777. The first kappa shape index (κ1) is 18.5. The Hall–Kier alpha value is -1.79. The molecule has 0 saturated heterocycles. The summed E-state index contributed by atoms with van der Waals surface area (Å²) in [7, 11) is 0. The number of benzene rings is 1. The van der Waals surface area contributed by atoms with Gasteiger partial charge in [-0.25, -0.2) is 9.59 Å². The number of carbonyl (C=O) groups is 2. The maximum atomic E-state index is 11.8. The van der Waals surface area contributed by atoms with Crippen LogP contribution in [0.1, 0.15) is 25.7 Å². The molecule has 7 heteroatoms. The molecular weight excluding hydrogens is 334 g/mol. The van der Waals surface area contributed by atoms with Crippen LogP contribution < -0.4 is 5.32 Å². The van der Waals surface area contributed by atoms with Crippen LogP contribution in [0.5, 0.6) is 0 Å². The zero-order valence-electron chi connectivity index (χ0n) is 13.4. The Kier molecular flexibility index (Phi) is 7.34. The second kappa shape index (κ2) is 9.49. The van der Waals surface area contributed by atoms with Gasteiger partial charge >= 0.3 is 12.1 Å². The summed E-state index contributed by atoms with van der Waals surface area (Å²) < 4.78 is 10.4. The van der Waals surface area contributed by atoms with Gasteiger partial charge in [0.2, 0.25) is 0 Å². The fourth-order valence-electron chi connectivity index (χ4n) is 2.76. The normalized spacial score (nSPS) is 20.4. The molecule has 0 spiro atoms. The summed E-state index contributed by atoms with van der Waals surface area (Å²) in [6.07, 6.45) is 3.37. The molecule has 1 aromatic carbocycles. The molecule has 1 aromatic rings. The fourth-order valence-corrected chi connectivity index (χ4v) is 2.88. The van der Waals surface area contributed by atoms with Crippen molar-refractivity contribution in [3.05, 3.63) is 29.3 Å². The number of nitrogens with one attached hydrogen (secondary N) is 1. The van der Waals surface area contributed by atoms with Gasteiger partial charge in [0.1, 0.15) is 6.61 Å². The van der Waals surface area contributed by atoms with Gasteiger partial charge in [0.15, 0.2) is 0 Å². The Bertz CT molecular complexity index is 540. The second-order valence-electron chi connectivity index (χ2n) is 6.03. The molecule has 1 amide bonds. The Labute approximate surface area is 146 Å². The number of hydrogen-bond acceptors (Lipinski definition) is 4. The third-order valence-corrected chi connectivity index (χ3v) is 4.34. The van der Waals surface area contributed by atoms with E-state index >= 15 is 0 Å². The molecule has 24 heavy (non-hydrogen) atoms. The lowest BCUT2D eigenvalue weighted by molar-refractivity contribution is -0.142. The maximum absolute atomic E-state index is 11.8. The van der Waals surface area contributed by atoms with Gasteiger partial charge in [-0.1, -0.05) is 11.6 Å². The zero-order chi connectivity index (χ0) is 17.4. The average Bonchev–Trinajstić information content (AvgIpc) is 2.56. The van der Waals surface area contributed by atoms with E-state index in [1.165, 1.54) is 0 Å². The van der Waals surface area contributed by atoms with Gasteiger partial charge in [0, 0.05) is 10.7 Å². The highest BCUT2D eigenvalue weighted by Gasteiger charge is 2.22. The molecule has 0 aromatic heterocycles. The van der Waals surface area contributed by atoms with Crippen molar-refractivity contribution in [1.29, 1.82) is 0 Å². The van der Waals surface area contributed by atoms with Crippen LogP contribution >= 0.6 is 11.6 Å². The maximum Gasteiger partial charge on any atom is 0.411 e. The summed E-state index contributed by atoms with van der Waals surface area (Å²) in [4.78, 5) is 22.2. The molecule has 2 rings (SSSR count). The minimum absolute atomic E-state index is 0.242. The molecule has 1 saturated carbocycles. The molecule has 0 heterocycles. The van der Waals surface area contributed by atoms with Gasteiger partial charge in [-0.3, -0.25) is 5.32 Å². The standard InChI is InChI=1S/C17H22ClNO5/c18-14-5-7-15(8-6-14)19-17(22)24-10-13-3-1-12(2-4-13)9-23-11-16(20)21/h5-8,12-13H,1-4,9-11H2,(H,19,22)(H,20,21)/t12-,13-. The topological polar surface area (TPSA) is 84.9 Å². The number of ether oxygens (including phenoxy) is 2. The van der Waals surface area contributed by atoms with E-state index in [2.05, 4.69) is 5.32 Å². The first-order valence-corrected chi connectivity index (χ1v) is 8.39. The zero-order valence-corrected chi connectivity index (χ0v) is 14.1. The lowest BCUT2D eigenvalue weighted by Gasteiger charge is -2.27. The van der Waals surface area contributed by atoms with E-state index in [-0.39, 0.29) is 6.61 Å². The van der Waals surface area contributed by atoms with Crippen molar-refractivity contribution in [2.24, 2.45) is 11.8 Å². The van der Waals surface area contributed by atoms with Crippen LogP contribution in [0.4, 0.5) is 10.5 Å². The Morgan fingerprint density at radius 1 is 1.08 bits per heavy atom. The van der Waals surface area contributed by atoms with E-state index in [0.29, 0.717) is 35.8 Å². The fraction of sp³-hybridized carbons (Fsp3) is 0.529. The lowest BCUT2D eigenvalue weighted by atomic mass is 9.83. The SMILES string of the molecule is O=C(O)COC[C@H]1CC[C@H](COC(=O)Nc2ccc(Cl)cc2)CC1. The largest absolute Gasteiger partial charge is 0.480 e. The van der Waals surface area contributed by atoms with Gasteiger partial charge in [0.05, 0.1) is 13.2 Å². The van der Waals surface area contributed by atoms with Crippen LogP contribution in [0.15, 0.2) is 24.3 Å². The molecule has 1 fully saturated rings. The van der Waals surface area contributed by atoms with Crippen molar-refractivity contribution in [2.45, 2.75) is 25.7 Å². The highest BCUT2D eigenvalue weighted by molar-refractivity contribution is 6.30. The van der Waals surface area contributed by atoms with E-state index in [9.17, 15) is 9.59 Å². The van der Waals surface area contributed by atoms with Crippen LogP contribution in [-0.2, 0) is 14.3 Å². The van der Waals surface area contributed by atoms with E-state index < -0.39 is 12.1 Å². The third-order valence-electron chi connectivity index (χ3n) is 4.09. The van der Waals surface area contributed by atoms with Crippen molar-refractivity contribution in [1.82, 2.24) is 0 Å². The molecule has 0 unspecified atom stereocenters. The smallest absolute Gasteiger partial charge is 0.411 e. The van der Waals surface area contributed by atoms with Crippen LogP contribution in [0.25, 0.3) is 0 Å². The number of anilines is 1. The molecule has 1 aliphatic rings. The number of carboxylic acids is 1. The van der Waals surface area contributed by atoms with Crippen LogP contribution in [0, 0.1) is 11.8 Å². The molecule has 0 aliphatic heterocycles. The summed E-state index contributed by atoms with van der Waals surface area (Å²) in [6.45, 7) is 0.632. The third kappa shape index (κ3) is 6.76.